The molecule has 1 rings (SSSR count). The highest BCUT2D eigenvalue weighted by atomic mass is 16.6. The standard InChI is InChI=1S/C13H19N3O2/c1-6-16(5)10-7-8-11(14-9-10)15-12(17)18-13(2,3)4/h6-9H,1H2,2-5H3,(H,14,15,17). The first-order chi connectivity index (χ1) is 8.31. The third-order valence-electron chi connectivity index (χ3n) is 2.06. The molecule has 98 valence electrons. The van der Waals surface area contributed by atoms with Gasteiger partial charge in [0.2, 0.25) is 0 Å². The van der Waals surface area contributed by atoms with E-state index >= 15 is 0 Å². The van der Waals surface area contributed by atoms with Crippen LogP contribution in [0.3, 0.4) is 0 Å². The van der Waals surface area contributed by atoms with E-state index in [2.05, 4.69) is 16.9 Å². The fourth-order valence-electron chi connectivity index (χ4n) is 1.18. The normalized spacial score (nSPS) is 10.7. The number of hydrogen-bond acceptors (Lipinski definition) is 4. The van der Waals surface area contributed by atoms with Crippen molar-refractivity contribution in [2.45, 2.75) is 26.4 Å². The van der Waals surface area contributed by atoms with E-state index in [9.17, 15) is 4.79 Å². The zero-order valence-electron chi connectivity index (χ0n) is 11.2. The van der Waals surface area contributed by atoms with E-state index in [1.165, 1.54) is 0 Å². The molecule has 0 spiro atoms. The molecule has 0 aliphatic carbocycles. The van der Waals surface area contributed by atoms with Gasteiger partial charge in [-0.15, -0.1) is 0 Å². The lowest BCUT2D eigenvalue weighted by atomic mass is 10.2. The second-order valence-electron chi connectivity index (χ2n) is 4.82. The molecule has 1 amide bonds. The Hall–Kier alpha value is -2.04. The summed E-state index contributed by atoms with van der Waals surface area (Å²) >= 11 is 0. The fourth-order valence-corrected chi connectivity index (χ4v) is 1.18. The van der Waals surface area contributed by atoms with E-state index < -0.39 is 11.7 Å². The minimum Gasteiger partial charge on any atom is -0.444 e. The number of nitrogens with one attached hydrogen (secondary N) is 1. The monoisotopic (exact) mass is 249 g/mol. The Bertz CT molecular complexity index is 421. The molecule has 0 atom stereocenters. The molecule has 0 aromatic carbocycles. The lowest BCUT2D eigenvalue weighted by molar-refractivity contribution is 0.0635. The lowest BCUT2D eigenvalue weighted by Crippen LogP contribution is -2.27. The zero-order valence-corrected chi connectivity index (χ0v) is 11.2. The van der Waals surface area contributed by atoms with E-state index in [1.807, 2.05) is 38.8 Å². The first kappa shape index (κ1) is 14.0. The van der Waals surface area contributed by atoms with E-state index in [1.54, 1.807) is 18.5 Å². The van der Waals surface area contributed by atoms with Crippen LogP contribution in [0.25, 0.3) is 0 Å². The van der Waals surface area contributed by atoms with Gasteiger partial charge in [0.15, 0.2) is 0 Å². The van der Waals surface area contributed by atoms with Crippen molar-refractivity contribution in [1.29, 1.82) is 0 Å². The molecule has 0 bridgehead atoms. The lowest BCUT2D eigenvalue weighted by Gasteiger charge is -2.19. The van der Waals surface area contributed by atoms with Crippen molar-refractivity contribution in [3.8, 4) is 0 Å². The number of amides is 1. The summed E-state index contributed by atoms with van der Waals surface area (Å²) in [6.07, 6.45) is 2.81. The summed E-state index contributed by atoms with van der Waals surface area (Å²) in [6, 6.07) is 3.54. The molecule has 0 fully saturated rings. The van der Waals surface area contributed by atoms with Gasteiger partial charge < -0.3 is 9.64 Å². The Balaban J connectivity index is 2.64. The number of carbonyl (C=O) groups is 1. The quantitative estimate of drug-likeness (QED) is 0.894. The maximum atomic E-state index is 11.5. The summed E-state index contributed by atoms with van der Waals surface area (Å²) in [6.45, 7) is 9.08. The maximum absolute atomic E-state index is 11.5. The third-order valence-corrected chi connectivity index (χ3v) is 2.06. The van der Waals surface area contributed by atoms with Crippen molar-refractivity contribution in [3.05, 3.63) is 31.1 Å². The number of hydrogen-bond donors (Lipinski definition) is 1. The number of anilines is 2. The average Bonchev–Trinajstić information content (AvgIpc) is 2.26. The van der Waals surface area contributed by atoms with Crippen LogP contribution in [0.15, 0.2) is 31.1 Å². The van der Waals surface area contributed by atoms with Gasteiger partial charge in [0, 0.05) is 7.05 Å². The summed E-state index contributed by atoms with van der Waals surface area (Å²) < 4.78 is 5.12. The Labute approximate surface area is 107 Å². The molecule has 18 heavy (non-hydrogen) atoms. The molecule has 1 aromatic rings. The molecule has 0 aliphatic rings. The molecule has 0 saturated heterocycles. The van der Waals surface area contributed by atoms with E-state index in [4.69, 9.17) is 4.74 Å². The van der Waals surface area contributed by atoms with Crippen LogP contribution in [0.4, 0.5) is 16.3 Å². The molecule has 0 saturated carbocycles. The Morgan fingerprint density at radius 2 is 2.17 bits per heavy atom. The second-order valence-corrected chi connectivity index (χ2v) is 4.82. The van der Waals surface area contributed by atoms with Gasteiger partial charge >= 0.3 is 6.09 Å². The number of nitrogens with zero attached hydrogens (tertiary/aromatic N) is 2. The highest BCUT2D eigenvalue weighted by Crippen LogP contribution is 2.14. The summed E-state index contributed by atoms with van der Waals surface area (Å²) in [5.74, 6) is 0.450. The van der Waals surface area contributed by atoms with Crippen molar-refractivity contribution >= 4 is 17.6 Å². The van der Waals surface area contributed by atoms with Crippen LogP contribution in [0.1, 0.15) is 20.8 Å². The van der Waals surface area contributed by atoms with Crippen LogP contribution in [0.5, 0.6) is 0 Å². The van der Waals surface area contributed by atoms with Crippen molar-refractivity contribution in [2.24, 2.45) is 0 Å². The van der Waals surface area contributed by atoms with Gasteiger partial charge in [-0.25, -0.2) is 9.78 Å². The predicted molar refractivity (Wildman–Crippen MR) is 72.7 cm³/mol. The summed E-state index contributed by atoms with van der Waals surface area (Å²) in [5, 5.41) is 2.57. The molecule has 1 aromatic heterocycles. The van der Waals surface area contributed by atoms with Crippen LogP contribution >= 0.6 is 0 Å². The first-order valence-electron chi connectivity index (χ1n) is 5.63. The molecule has 1 heterocycles. The molecule has 5 heteroatoms. The first-order valence-corrected chi connectivity index (χ1v) is 5.63. The van der Waals surface area contributed by atoms with Crippen LogP contribution in [0.2, 0.25) is 0 Å². The van der Waals surface area contributed by atoms with Crippen molar-refractivity contribution in [2.75, 3.05) is 17.3 Å². The molecule has 0 aliphatic heterocycles. The summed E-state index contributed by atoms with van der Waals surface area (Å²) in [4.78, 5) is 17.4. The second kappa shape index (κ2) is 5.53. The molecule has 5 nitrogen and oxygen atoms in total. The van der Waals surface area contributed by atoms with Crippen molar-refractivity contribution in [1.82, 2.24) is 4.98 Å². The minimum absolute atomic E-state index is 0.450. The molecular weight excluding hydrogens is 230 g/mol. The molecule has 0 unspecified atom stereocenters. The topological polar surface area (TPSA) is 54.5 Å². The van der Waals surface area contributed by atoms with Gasteiger partial charge in [0.05, 0.1) is 11.9 Å². The number of rotatable bonds is 3. The molecular formula is C13H19N3O2. The van der Waals surface area contributed by atoms with Gasteiger partial charge in [-0.3, -0.25) is 5.32 Å². The summed E-state index contributed by atoms with van der Waals surface area (Å²) in [7, 11) is 1.87. The van der Waals surface area contributed by atoms with E-state index in [-0.39, 0.29) is 0 Å². The highest BCUT2D eigenvalue weighted by Gasteiger charge is 2.16. The highest BCUT2D eigenvalue weighted by molar-refractivity contribution is 5.83. The Morgan fingerprint density at radius 3 is 2.61 bits per heavy atom. The smallest absolute Gasteiger partial charge is 0.413 e. The van der Waals surface area contributed by atoms with Gasteiger partial charge in [0.25, 0.3) is 0 Å². The maximum Gasteiger partial charge on any atom is 0.413 e. The molecule has 0 radical (unpaired) electrons. The van der Waals surface area contributed by atoms with E-state index in [0.717, 1.165) is 5.69 Å². The Kier molecular flexibility index (Phi) is 4.31. The van der Waals surface area contributed by atoms with Gasteiger partial charge in [-0.05, 0) is 39.1 Å². The fraction of sp³-hybridized carbons (Fsp3) is 0.385. The summed E-state index contributed by atoms with van der Waals surface area (Å²) in [5.41, 5.74) is 0.368. The van der Waals surface area contributed by atoms with E-state index in [0.29, 0.717) is 5.82 Å². The third kappa shape index (κ3) is 4.45. The van der Waals surface area contributed by atoms with Crippen molar-refractivity contribution < 1.29 is 9.53 Å². The molecule has 1 N–H and O–H groups in total. The zero-order chi connectivity index (χ0) is 13.8. The Morgan fingerprint density at radius 1 is 1.50 bits per heavy atom. The van der Waals surface area contributed by atoms with Crippen molar-refractivity contribution in [3.63, 3.8) is 0 Å². The number of carbonyl (C=O) groups excluding carboxylic acids is 1. The SMILES string of the molecule is C=CN(C)c1ccc(NC(=O)OC(C)(C)C)nc1. The van der Waals surface area contributed by atoms with Gasteiger partial charge in [-0.1, -0.05) is 6.58 Å². The van der Waals surface area contributed by atoms with Crippen LogP contribution in [0, 0.1) is 0 Å². The van der Waals surface area contributed by atoms with Gasteiger partial charge in [0.1, 0.15) is 11.4 Å². The van der Waals surface area contributed by atoms with Crippen LogP contribution in [-0.4, -0.2) is 23.7 Å². The van der Waals surface area contributed by atoms with Crippen LogP contribution in [-0.2, 0) is 4.74 Å². The predicted octanol–water partition coefficient (Wildman–Crippen LogP) is 3.01. The largest absolute Gasteiger partial charge is 0.444 e. The average molecular weight is 249 g/mol. The number of aromatic nitrogens is 1. The minimum atomic E-state index is -0.521. The number of ether oxygens (including phenoxy) is 1. The number of pyridine rings is 1. The van der Waals surface area contributed by atoms with Crippen LogP contribution < -0.4 is 10.2 Å². The van der Waals surface area contributed by atoms with Gasteiger partial charge in [-0.2, -0.15) is 0 Å².